The maximum Gasteiger partial charge on any atom is 0.309 e. The molecular formula is C13H15NO3. The van der Waals surface area contributed by atoms with E-state index in [4.69, 9.17) is 5.11 Å². The van der Waals surface area contributed by atoms with Crippen LogP contribution in [0.4, 0.5) is 0 Å². The molecule has 90 valence electrons. The van der Waals surface area contributed by atoms with Gasteiger partial charge in [-0.05, 0) is 12.5 Å². The molecular weight excluding hydrogens is 218 g/mol. The quantitative estimate of drug-likeness (QED) is 0.860. The lowest BCUT2D eigenvalue weighted by Gasteiger charge is -2.23. The average Bonchev–Trinajstić information content (AvgIpc) is 2.58. The fraction of sp³-hybridized carbons (Fsp3) is 0.385. The minimum atomic E-state index is -0.888. The molecule has 1 fully saturated rings. The number of aliphatic carboxylic acids is 1. The van der Waals surface area contributed by atoms with Crippen molar-refractivity contribution in [3.8, 4) is 0 Å². The van der Waals surface area contributed by atoms with Crippen molar-refractivity contribution in [1.82, 2.24) is 4.90 Å². The van der Waals surface area contributed by atoms with Crippen LogP contribution in [0.1, 0.15) is 18.9 Å². The Morgan fingerprint density at radius 1 is 1.41 bits per heavy atom. The van der Waals surface area contributed by atoms with Crippen LogP contribution in [0.2, 0.25) is 0 Å². The van der Waals surface area contributed by atoms with E-state index < -0.39 is 11.9 Å². The van der Waals surface area contributed by atoms with Crippen molar-refractivity contribution in [2.45, 2.75) is 25.9 Å². The van der Waals surface area contributed by atoms with Crippen LogP contribution in [0.5, 0.6) is 0 Å². The number of carboxylic acid groups (broad SMARTS) is 1. The number of hydrogen-bond acceptors (Lipinski definition) is 2. The zero-order chi connectivity index (χ0) is 12.4. The maximum absolute atomic E-state index is 11.8. The summed E-state index contributed by atoms with van der Waals surface area (Å²) in [5, 5.41) is 9.01. The standard InChI is InChI=1S/C13H15NO3/c1-9-11(13(16)17)7-12(15)14(9)8-10-5-3-2-4-6-10/h2-6,9,11H,7-8H2,1H3,(H,16,17)/t9-,11+/m0/s1. The van der Waals surface area contributed by atoms with Crippen LogP contribution in [0.15, 0.2) is 30.3 Å². The molecule has 1 amide bonds. The predicted molar refractivity (Wildman–Crippen MR) is 62.2 cm³/mol. The van der Waals surface area contributed by atoms with Crippen molar-refractivity contribution in [1.29, 1.82) is 0 Å². The summed E-state index contributed by atoms with van der Waals surface area (Å²) in [7, 11) is 0. The second kappa shape index (κ2) is 4.57. The summed E-state index contributed by atoms with van der Waals surface area (Å²) in [5.74, 6) is -1.54. The van der Waals surface area contributed by atoms with Crippen LogP contribution in [0, 0.1) is 5.92 Å². The lowest BCUT2D eigenvalue weighted by molar-refractivity contribution is -0.142. The summed E-state index contributed by atoms with van der Waals surface area (Å²) in [5.41, 5.74) is 1.03. The normalized spacial score (nSPS) is 24.1. The van der Waals surface area contributed by atoms with Crippen molar-refractivity contribution in [3.63, 3.8) is 0 Å². The van der Waals surface area contributed by atoms with E-state index in [0.29, 0.717) is 6.54 Å². The van der Waals surface area contributed by atoms with Gasteiger partial charge in [0.1, 0.15) is 0 Å². The van der Waals surface area contributed by atoms with Crippen molar-refractivity contribution >= 4 is 11.9 Å². The Hall–Kier alpha value is -1.84. The maximum atomic E-state index is 11.8. The third kappa shape index (κ3) is 2.30. The zero-order valence-electron chi connectivity index (χ0n) is 9.67. The summed E-state index contributed by atoms with van der Waals surface area (Å²) < 4.78 is 0. The van der Waals surface area contributed by atoms with Crippen molar-refractivity contribution in [3.05, 3.63) is 35.9 Å². The first kappa shape index (κ1) is 11.6. The molecule has 2 atom stereocenters. The highest BCUT2D eigenvalue weighted by molar-refractivity contribution is 5.86. The molecule has 0 bridgehead atoms. The minimum Gasteiger partial charge on any atom is -0.481 e. The molecule has 1 aromatic carbocycles. The lowest BCUT2D eigenvalue weighted by atomic mass is 10.0. The van der Waals surface area contributed by atoms with Gasteiger partial charge in [-0.1, -0.05) is 30.3 Å². The summed E-state index contributed by atoms with van der Waals surface area (Å²) in [6.45, 7) is 2.29. The van der Waals surface area contributed by atoms with Gasteiger partial charge in [0.2, 0.25) is 5.91 Å². The molecule has 0 aliphatic carbocycles. The molecule has 2 rings (SSSR count). The SMILES string of the molecule is C[C@H]1[C@H](C(=O)O)CC(=O)N1Cc1ccccc1. The Labute approximate surface area is 99.9 Å². The van der Waals surface area contributed by atoms with Crippen molar-refractivity contribution in [2.75, 3.05) is 0 Å². The van der Waals surface area contributed by atoms with Gasteiger partial charge in [-0.25, -0.2) is 0 Å². The van der Waals surface area contributed by atoms with Crippen molar-refractivity contribution < 1.29 is 14.7 Å². The van der Waals surface area contributed by atoms with E-state index in [0.717, 1.165) is 5.56 Å². The highest BCUT2D eigenvalue weighted by Crippen LogP contribution is 2.27. The van der Waals surface area contributed by atoms with Gasteiger partial charge in [0.25, 0.3) is 0 Å². The van der Waals surface area contributed by atoms with E-state index in [9.17, 15) is 9.59 Å². The zero-order valence-corrected chi connectivity index (χ0v) is 9.67. The smallest absolute Gasteiger partial charge is 0.309 e. The number of nitrogens with zero attached hydrogens (tertiary/aromatic N) is 1. The molecule has 1 aromatic rings. The van der Waals surface area contributed by atoms with Crippen LogP contribution in [-0.2, 0) is 16.1 Å². The Morgan fingerprint density at radius 3 is 2.59 bits per heavy atom. The second-order valence-corrected chi connectivity index (χ2v) is 4.40. The van der Waals surface area contributed by atoms with Gasteiger partial charge in [0.05, 0.1) is 5.92 Å². The van der Waals surface area contributed by atoms with Gasteiger partial charge in [-0.15, -0.1) is 0 Å². The van der Waals surface area contributed by atoms with E-state index in [1.807, 2.05) is 30.3 Å². The summed E-state index contributed by atoms with van der Waals surface area (Å²) in [4.78, 5) is 24.4. The predicted octanol–water partition coefficient (Wildman–Crippen LogP) is 1.51. The second-order valence-electron chi connectivity index (χ2n) is 4.40. The van der Waals surface area contributed by atoms with Crippen LogP contribution >= 0.6 is 0 Å². The molecule has 1 heterocycles. The molecule has 17 heavy (non-hydrogen) atoms. The average molecular weight is 233 g/mol. The first-order valence-electron chi connectivity index (χ1n) is 5.66. The van der Waals surface area contributed by atoms with Crippen molar-refractivity contribution in [2.24, 2.45) is 5.92 Å². The number of rotatable bonds is 3. The number of carbonyl (C=O) groups is 2. The number of amides is 1. The third-order valence-electron chi connectivity index (χ3n) is 3.30. The first-order chi connectivity index (χ1) is 8.09. The Bertz CT molecular complexity index is 430. The Kier molecular flexibility index (Phi) is 3.13. The third-order valence-corrected chi connectivity index (χ3v) is 3.30. The fourth-order valence-corrected chi connectivity index (χ4v) is 2.23. The summed E-state index contributed by atoms with van der Waals surface area (Å²) in [6, 6.07) is 9.38. The van der Waals surface area contributed by atoms with Crippen LogP contribution in [-0.4, -0.2) is 27.9 Å². The molecule has 4 heteroatoms. The molecule has 0 spiro atoms. The highest BCUT2D eigenvalue weighted by Gasteiger charge is 2.40. The largest absolute Gasteiger partial charge is 0.481 e. The molecule has 4 nitrogen and oxygen atoms in total. The van der Waals surface area contributed by atoms with Gasteiger partial charge in [-0.2, -0.15) is 0 Å². The van der Waals surface area contributed by atoms with Crippen LogP contribution in [0.25, 0.3) is 0 Å². The molecule has 0 saturated carbocycles. The molecule has 1 aliphatic rings. The van der Waals surface area contributed by atoms with Crippen LogP contribution < -0.4 is 0 Å². The van der Waals surface area contributed by atoms with Crippen LogP contribution in [0.3, 0.4) is 0 Å². The number of carboxylic acids is 1. The van der Waals surface area contributed by atoms with Gasteiger partial charge >= 0.3 is 5.97 Å². The van der Waals surface area contributed by atoms with E-state index in [1.54, 1.807) is 11.8 Å². The Morgan fingerprint density at radius 2 is 2.06 bits per heavy atom. The number of likely N-dealkylation sites (tertiary alicyclic amines) is 1. The van der Waals surface area contributed by atoms with E-state index >= 15 is 0 Å². The number of carbonyl (C=O) groups excluding carboxylic acids is 1. The van der Waals surface area contributed by atoms with Gasteiger partial charge in [0, 0.05) is 19.0 Å². The number of benzene rings is 1. The van der Waals surface area contributed by atoms with Gasteiger partial charge in [0.15, 0.2) is 0 Å². The highest BCUT2D eigenvalue weighted by atomic mass is 16.4. The monoisotopic (exact) mass is 233 g/mol. The Balaban J connectivity index is 2.12. The minimum absolute atomic E-state index is 0.0752. The molecule has 0 radical (unpaired) electrons. The molecule has 1 saturated heterocycles. The molecule has 0 aromatic heterocycles. The van der Waals surface area contributed by atoms with Gasteiger partial charge in [-0.3, -0.25) is 9.59 Å². The molecule has 0 unspecified atom stereocenters. The molecule has 1 aliphatic heterocycles. The van der Waals surface area contributed by atoms with Gasteiger partial charge < -0.3 is 10.0 Å². The number of hydrogen-bond donors (Lipinski definition) is 1. The van der Waals surface area contributed by atoms with E-state index in [-0.39, 0.29) is 18.4 Å². The van der Waals surface area contributed by atoms with E-state index in [2.05, 4.69) is 0 Å². The summed E-state index contributed by atoms with van der Waals surface area (Å²) >= 11 is 0. The van der Waals surface area contributed by atoms with E-state index in [1.165, 1.54) is 0 Å². The lowest BCUT2D eigenvalue weighted by Crippen LogP contribution is -2.34. The summed E-state index contributed by atoms with van der Waals surface area (Å²) in [6.07, 6.45) is 0.114. The molecule has 1 N–H and O–H groups in total. The fourth-order valence-electron chi connectivity index (χ4n) is 2.23. The topological polar surface area (TPSA) is 57.6 Å². The first-order valence-corrected chi connectivity index (χ1v) is 5.66.